The number of hydrogen-bond donors (Lipinski definition) is 2. The van der Waals surface area contributed by atoms with Gasteiger partial charge in [0.2, 0.25) is 0 Å². The number of rotatable bonds is 10. The summed E-state index contributed by atoms with van der Waals surface area (Å²) < 4.78 is 5.07. The Bertz CT molecular complexity index is 246. The van der Waals surface area contributed by atoms with E-state index < -0.39 is 0 Å². The van der Waals surface area contributed by atoms with E-state index in [4.69, 9.17) is 14.9 Å². The van der Waals surface area contributed by atoms with Crippen molar-refractivity contribution in [2.24, 2.45) is 11.8 Å². The largest absolute Gasteiger partial charge is 0.462 e. The van der Waals surface area contributed by atoms with Gasteiger partial charge in [-0.05, 0) is 25.7 Å². The first-order valence-corrected chi connectivity index (χ1v) is 6.55. The second-order valence-electron chi connectivity index (χ2n) is 5.00. The first-order chi connectivity index (χ1) is 8.51. The molecule has 0 amide bonds. The van der Waals surface area contributed by atoms with Crippen LogP contribution >= 0.6 is 0 Å². The van der Waals surface area contributed by atoms with Crippen LogP contribution in [0.2, 0.25) is 0 Å². The van der Waals surface area contributed by atoms with Gasteiger partial charge in [0, 0.05) is 24.7 Å². The highest BCUT2D eigenvalue weighted by atomic mass is 16.5. The van der Waals surface area contributed by atoms with Gasteiger partial charge in [-0.25, -0.2) is 4.79 Å². The van der Waals surface area contributed by atoms with E-state index in [1.165, 1.54) is 0 Å². The number of ether oxygens (including phenoxy) is 1. The van der Waals surface area contributed by atoms with Gasteiger partial charge in [-0.3, -0.25) is 0 Å². The Kier molecular flexibility index (Phi) is 9.60. The highest BCUT2D eigenvalue weighted by Gasteiger charge is 2.09. The molecular weight excluding hydrogens is 232 g/mol. The van der Waals surface area contributed by atoms with E-state index in [0.29, 0.717) is 18.1 Å². The Labute approximate surface area is 110 Å². The molecule has 0 spiro atoms. The predicted molar refractivity (Wildman–Crippen MR) is 71.1 cm³/mol. The molecule has 0 aromatic carbocycles. The van der Waals surface area contributed by atoms with Gasteiger partial charge in [0.1, 0.15) is 0 Å². The summed E-state index contributed by atoms with van der Waals surface area (Å²) in [5.41, 5.74) is 0.427. The lowest BCUT2D eigenvalue weighted by molar-refractivity contribution is -0.140. The van der Waals surface area contributed by atoms with Crippen molar-refractivity contribution in [2.45, 2.75) is 39.5 Å². The average Bonchev–Trinajstić information content (AvgIpc) is 2.35. The molecule has 1 atom stereocenters. The van der Waals surface area contributed by atoms with Gasteiger partial charge in [-0.15, -0.1) is 0 Å². The second kappa shape index (κ2) is 10.1. The Balaban J connectivity index is 3.56. The molecule has 0 aliphatic carbocycles. The van der Waals surface area contributed by atoms with E-state index in [-0.39, 0.29) is 25.1 Å². The molecule has 0 rings (SSSR count). The summed E-state index contributed by atoms with van der Waals surface area (Å²) in [7, 11) is 0. The molecule has 0 saturated carbocycles. The maximum Gasteiger partial charge on any atom is 0.333 e. The molecule has 0 aliphatic heterocycles. The van der Waals surface area contributed by atoms with Crippen LogP contribution in [-0.4, -0.2) is 36.0 Å². The molecule has 4 heteroatoms. The number of esters is 1. The number of carbonyl (C=O) groups excluding carboxylic acids is 1. The van der Waals surface area contributed by atoms with Gasteiger partial charge in [-0.1, -0.05) is 26.3 Å². The van der Waals surface area contributed by atoms with Crippen LogP contribution in [0.15, 0.2) is 12.2 Å². The third kappa shape index (κ3) is 8.25. The first-order valence-electron chi connectivity index (χ1n) is 6.55. The summed E-state index contributed by atoms with van der Waals surface area (Å²) in [5.74, 6) is -0.000901. The van der Waals surface area contributed by atoms with Crippen LogP contribution in [0.4, 0.5) is 0 Å². The van der Waals surface area contributed by atoms with Crippen LogP contribution in [0, 0.1) is 11.8 Å². The molecule has 0 aromatic heterocycles. The molecule has 0 aromatic rings. The average molecular weight is 258 g/mol. The van der Waals surface area contributed by atoms with Crippen molar-refractivity contribution >= 4 is 5.97 Å². The molecule has 0 bridgehead atoms. The molecule has 0 fully saturated rings. The van der Waals surface area contributed by atoms with Crippen LogP contribution in [0.3, 0.4) is 0 Å². The fourth-order valence-corrected chi connectivity index (χ4v) is 1.59. The lowest BCUT2D eigenvalue weighted by Crippen LogP contribution is -2.13. The standard InChI is InChI=1S/C14H26O4/c1-11(2)14(17)18-10-12(3)6-4-5-7-13(8-15)9-16/h12-13,15-16H,1,4-10H2,2-3H3. The lowest BCUT2D eigenvalue weighted by Gasteiger charge is -2.13. The molecule has 18 heavy (non-hydrogen) atoms. The third-order valence-corrected chi connectivity index (χ3v) is 2.92. The minimum atomic E-state index is -0.331. The fraction of sp³-hybridized carbons (Fsp3) is 0.786. The third-order valence-electron chi connectivity index (χ3n) is 2.92. The molecule has 0 saturated heterocycles. The zero-order chi connectivity index (χ0) is 14.0. The molecule has 0 radical (unpaired) electrons. The number of carbonyl (C=O) groups is 1. The van der Waals surface area contributed by atoms with Crippen molar-refractivity contribution in [3.63, 3.8) is 0 Å². The number of aliphatic hydroxyl groups is 2. The number of hydrogen-bond acceptors (Lipinski definition) is 4. The number of unbranched alkanes of at least 4 members (excludes halogenated alkanes) is 1. The van der Waals surface area contributed by atoms with Crippen LogP contribution in [0.5, 0.6) is 0 Å². The van der Waals surface area contributed by atoms with E-state index in [1.807, 2.05) is 6.92 Å². The predicted octanol–water partition coefficient (Wildman–Crippen LogP) is 1.90. The van der Waals surface area contributed by atoms with E-state index >= 15 is 0 Å². The minimum Gasteiger partial charge on any atom is -0.462 e. The first kappa shape index (κ1) is 17.1. The topological polar surface area (TPSA) is 66.8 Å². The zero-order valence-electron chi connectivity index (χ0n) is 11.5. The second-order valence-corrected chi connectivity index (χ2v) is 5.00. The van der Waals surface area contributed by atoms with Crippen LogP contribution in [-0.2, 0) is 9.53 Å². The number of aliphatic hydroxyl groups excluding tert-OH is 2. The van der Waals surface area contributed by atoms with Gasteiger partial charge in [0.15, 0.2) is 0 Å². The monoisotopic (exact) mass is 258 g/mol. The van der Waals surface area contributed by atoms with E-state index in [2.05, 4.69) is 6.58 Å². The molecule has 4 nitrogen and oxygen atoms in total. The van der Waals surface area contributed by atoms with E-state index in [9.17, 15) is 4.79 Å². The van der Waals surface area contributed by atoms with Crippen molar-refractivity contribution in [3.8, 4) is 0 Å². The van der Waals surface area contributed by atoms with Crippen molar-refractivity contribution in [1.29, 1.82) is 0 Å². The highest BCUT2D eigenvalue weighted by Crippen LogP contribution is 2.13. The fourth-order valence-electron chi connectivity index (χ4n) is 1.59. The zero-order valence-corrected chi connectivity index (χ0v) is 11.5. The van der Waals surface area contributed by atoms with Gasteiger partial charge < -0.3 is 14.9 Å². The van der Waals surface area contributed by atoms with Gasteiger partial charge in [0.25, 0.3) is 0 Å². The molecule has 2 N–H and O–H groups in total. The Morgan fingerprint density at radius 2 is 1.78 bits per heavy atom. The summed E-state index contributed by atoms with van der Waals surface area (Å²) in [5, 5.41) is 17.8. The van der Waals surface area contributed by atoms with Crippen molar-refractivity contribution in [3.05, 3.63) is 12.2 Å². The van der Waals surface area contributed by atoms with Crippen molar-refractivity contribution in [1.82, 2.24) is 0 Å². The lowest BCUT2D eigenvalue weighted by atomic mass is 9.99. The summed E-state index contributed by atoms with van der Waals surface area (Å²) in [4.78, 5) is 11.2. The van der Waals surface area contributed by atoms with Gasteiger partial charge in [0.05, 0.1) is 6.61 Å². The van der Waals surface area contributed by atoms with E-state index in [1.54, 1.807) is 6.92 Å². The molecule has 1 unspecified atom stereocenters. The smallest absolute Gasteiger partial charge is 0.333 e. The molecule has 0 heterocycles. The van der Waals surface area contributed by atoms with Crippen LogP contribution in [0.25, 0.3) is 0 Å². The SMILES string of the molecule is C=C(C)C(=O)OCC(C)CCCCC(CO)CO. The van der Waals surface area contributed by atoms with E-state index in [0.717, 1.165) is 25.7 Å². The van der Waals surface area contributed by atoms with Crippen molar-refractivity contribution in [2.75, 3.05) is 19.8 Å². The Hall–Kier alpha value is -0.870. The molecular formula is C14H26O4. The summed E-state index contributed by atoms with van der Waals surface area (Å²) in [6.45, 7) is 7.72. The van der Waals surface area contributed by atoms with Gasteiger partial charge >= 0.3 is 5.97 Å². The Morgan fingerprint density at radius 1 is 1.22 bits per heavy atom. The van der Waals surface area contributed by atoms with Crippen LogP contribution < -0.4 is 0 Å². The summed E-state index contributed by atoms with van der Waals surface area (Å²) >= 11 is 0. The van der Waals surface area contributed by atoms with Crippen molar-refractivity contribution < 1.29 is 19.7 Å². The minimum absolute atomic E-state index is 0.00143. The van der Waals surface area contributed by atoms with Gasteiger partial charge in [-0.2, -0.15) is 0 Å². The normalized spacial score (nSPS) is 12.5. The van der Waals surface area contributed by atoms with Crippen LogP contribution in [0.1, 0.15) is 39.5 Å². The highest BCUT2D eigenvalue weighted by molar-refractivity contribution is 5.86. The maximum atomic E-state index is 11.2. The molecule has 106 valence electrons. The summed E-state index contributed by atoms with van der Waals surface area (Å²) in [6.07, 6.45) is 3.81. The quantitative estimate of drug-likeness (QED) is 0.357. The summed E-state index contributed by atoms with van der Waals surface area (Å²) in [6, 6.07) is 0. The molecule has 0 aliphatic rings. The maximum absolute atomic E-state index is 11.2. The Morgan fingerprint density at radius 3 is 2.28 bits per heavy atom.